The number of nitrogens with zero attached hydrogens (tertiary/aromatic N) is 3. The van der Waals surface area contributed by atoms with Crippen molar-refractivity contribution in [1.29, 1.82) is 0 Å². The number of hydrogen-bond acceptors (Lipinski definition) is 4. The molecule has 6 nitrogen and oxygen atoms in total. The Morgan fingerprint density at radius 2 is 1.80 bits per heavy atom. The number of benzene rings is 1. The van der Waals surface area contributed by atoms with Gasteiger partial charge in [0.2, 0.25) is 0 Å². The van der Waals surface area contributed by atoms with Crippen molar-refractivity contribution in [1.82, 2.24) is 14.9 Å². The molecule has 1 N–H and O–H groups in total. The van der Waals surface area contributed by atoms with Crippen LogP contribution in [-0.4, -0.2) is 34.0 Å². The van der Waals surface area contributed by atoms with E-state index in [4.69, 9.17) is 4.74 Å². The Labute approximate surface area is 146 Å². The molecule has 0 unspecified atom stereocenters. The zero-order chi connectivity index (χ0) is 17.1. The summed E-state index contributed by atoms with van der Waals surface area (Å²) in [5, 5.41) is 2.97. The highest BCUT2D eigenvalue weighted by atomic mass is 16.5. The maximum atomic E-state index is 12.6. The van der Waals surface area contributed by atoms with Crippen molar-refractivity contribution in [3.63, 3.8) is 0 Å². The maximum absolute atomic E-state index is 12.6. The van der Waals surface area contributed by atoms with Gasteiger partial charge in [-0.05, 0) is 42.9 Å². The molecule has 1 fully saturated rings. The van der Waals surface area contributed by atoms with E-state index in [1.54, 1.807) is 24.5 Å². The lowest BCUT2D eigenvalue weighted by molar-refractivity contribution is 0.220. The number of urea groups is 1. The third kappa shape index (κ3) is 3.63. The maximum Gasteiger partial charge on any atom is 0.321 e. The van der Waals surface area contributed by atoms with Gasteiger partial charge in [0, 0.05) is 37.2 Å². The molecule has 2 heterocycles. The third-order valence-electron chi connectivity index (χ3n) is 4.74. The van der Waals surface area contributed by atoms with Crippen LogP contribution < -0.4 is 10.1 Å². The molecule has 128 valence electrons. The number of likely N-dealkylation sites (tertiary alicyclic amines) is 1. The number of anilines is 1. The highest BCUT2D eigenvalue weighted by Crippen LogP contribution is 2.33. The number of allylic oxidation sites excluding steroid dienone is 2. The lowest BCUT2D eigenvalue weighted by Gasteiger charge is -2.17. The highest BCUT2D eigenvalue weighted by Gasteiger charge is 2.35. The minimum atomic E-state index is -0.0532. The van der Waals surface area contributed by atoms with E-state index in [0.717, 1.165) is 25.9 Å². The molecule has 1 aromatic heterocycles. The van der Waals surface area contributed by atoms with Gasteiger partial charge in [0.05, 0.1) is 0 Å². The SMILES string of the molecule is O=C(Nc1cccc(Oc2ncccn2)c1)N1C[C@@H]2CC=CC[C@H]2C1. The Morgan fingerprint density at radius 1 is 1.08 bits per heavy atom. The molecule has 2 aliphatic rings. The van der Waals surface area contributed by atoms with Crippen LogP contribution in [0.3, 0.4) is 0 Å². The Bertz CT molecular complexity index is 762. The Kier molecular flexibility index (Phi) is 4.33. The molecule has 0 radical (unpaired) electrons. The quantitative estimate of drug-likeness (QED) is 0.868. The summed E-state index contributed by atoms with van der Waals surface area (Å²) in [6.45, 7) is 1.66. The van der Waals surface area contributed by atoms with E-state index in [9.17, 15) is 4.79 Å². The predicted octanol–water partition coefficient (Wildman–Crippen LogP) is 3.70. The van der Waals surface area contributed by atoms with E-state index >= 15 is 0 Å². The van der Waals surface area contributed by atoms with Crippen molar-refractivity contribution >= 4 is 11.7 Å². The number of nitrogens with one attached hydrogen (secondary N) is 1. The second-order valence-corrected chi connectivity index (χ2v) is 6.46. The van der Waals surface area contributed by atoms with E-state index in [2.05, 4.69) is 27.4 Å². The van der Waals surface area contributed by atoms with Crippen LogP contribution in [0.2, 0.25) is 0 Å². The van der Waals surface area contributed by atoms with Gasteiger partial charge < -0.3 is 15.0 Å². The van der Waals surface area contributed by atoms with Gasteiger partial charge in [-0.1, -0.05) is 18.2 Å². The topological polar surface area (TPSA) is 67.3 Å². The molecule has 2 aromatic rings. The van der Waals surface area contributed by atoms with Crippen LogP contribution in [0.15, 0.2) is 54.9 Å². The van der Waals surface area contributed by atoms with Crippen LogP contribution in [0, 0.1) is 11.8 Å². The number of fused-ring (bicyclic) bond motifs is 1. The fourth-order valence-corrected chi connectivity index (χ4v) is 3.46. The zero-order valence-corrected chi connectivity index (χ0v) is 13.8. The van der Waals surface area contributed by atoms with Crippen molar-refractivity contribution in [2.24, 2.45) is 11.8 Å². The first kappa shape index (κ1) is 15.6. The molecule has 1 aliphatic heterocycles. The molecule has 0 bridgehead atoms. The minimum absolute atomic E-state index is 0.0532. The average Bonchev–Trinajstić information content (AvgIpc) is 3.07. The van der Waals surface area contributed by atoms with Gasteiger partial charge in [-0.25, -0.2) is 14.8 Å². The van der Waals surface area contributed by atoms with Gasteiger partial charge in [0.25, 0.3) is 0 Å². The average molecular weight is 336 g/mol. The molecule has 4 rings (SSSR count). The first-order valence-electron chi connectivity index (χ1n) is 8.54. The van der Waals surface area contributed by atoms with Crippen LogP contribution in [0.1, 0.15) is 12.8 Å². The van der Waals surface area contributed by atoms with Crippen LogP contribution in [0.5, 0.6) is 11.8 Å². The second-order valence-electron chi connectivity index (χ2n) is 6.46. The summed E-state index contributed by atoms with van der Waals surface area (Å²) in [5.41, 5.74) is 0.700. The summed E-state index contributed by atoms with van der Waals surface area (Å²) in [5.74, 6) is 1.78. The molecule has 25 heavy (non-hydrogen) atoms. The lowest BCUT2D eigenvalue weighted by atomic mass is 9.86. The number of ether oxygens (including phenoxy) is 1. The minimum Gasteiger partial charge on any atom is -0.424 e. The van der Waals surface area contributed by atoms with Gasteiger partial charge in [-0.2, -0.15) is 0 Å². The lowest BCUT2D eigenvalue weighted by Crippen LogP contribution is -2.33. The van der Waals surface area contributed by atoms with Gasteiger partial charge in [0.1, 0.15) is 5.75 Å². The number of carbonyl (C=O) groups excluding carboxylic acids is 1. The first-order chi connectivity index (χ1) is 12.3. The van der Waals surface area contributed by atoms with E-state index in [1.165, 1.54) is 0 Å². The van der Waals surface area contributed by atoms with E-state index in [1.807, 2.05) is 23.1 Å². The molecular weight excluding hydrogens is 316 g/mol. The third-order valence-corrected chi connectivity index (χ3v) is 4.74. The first-order valence-corrected chi connectivity index (χ1v) is 8.54. The summed E-state index contributed by atoms with van der Waals surface area (Å²) in [6.07, 6.45) is 9.86. The second kappa shape index (κ2) is 6.93. The Balaban J connectivity index is 1.39. The molecule has 0 spiro atoms. The molecule has 6 heteroatoms. The highest BCUT2D eigenvalue weighted by molar-refractivity contribution is 5.89. The van der Waals surface area contributed by atoms with Crippen LogP contribution in [0.25, 0.3) is 0 Å². The van der Waals surface area contributed by atoms with Crippen LogP contribution in [-0.2, 0) is 0 Å². The largest absolute Gasteiger partial charge is 0.424 e. The molecule has 2 atom stereocenters. The molecule has 0 saturated carbocycles. The normalized spacial score (nSPS) is 21.7. The van der Waals surface area contributed by atoms with Gasteiger partial charge in [0.15, 0.2) is 0 Å². The summed E-state index contributed by atoms with van der Waals surface area (Å²) in [6, 6.07) is 9.22. The summed E-state index contributed by atoms with van der Waals surface area (Å²) in [4.78, 5) is 22.5. The number of hydrogen-bond donors (Lipinski definition) is 1. The summed E-state index contributed by atoms with van der Waals surface area (Å²) < 4.78 is 5.61. The number of aromatic nitrogens is 2. The molecule has 1 aromatic carbocycles. The van der Waals surface area contributed by atoms with Gasteiger partial charge in [-0.3, -0.25) is 0 Å². The van der Waals surface area contributed by atoms with E-state index in [-0.39, 0.29) is 12.0 Å². The van der Waals surface area contributed by atoms with Crippen molar-refractivity contribution < 1.29 is 9.53 Å². The molecule has 1 aliphatic carbocycles. The number of amides is 2. The van der Waals surface area contributed by atoms with Crippen LogP contribution in [0.4, 0.5) is 10.5 Å². The Morgan fingerprint density at radius 3 is 2.52 bits per heavy atom. The number of rotatable bonds is 3. The summed E-state index contributed by atoms with van der Waals surface area (Å²) in [7, 11) is 0. The summed E-state index contributed by atoms with van der Waals surface area (Å²) >= 11 is 0. The van der Waals surface area contributed by atoms with Crippen molar-refractivity contribution in [2.75, 3.05) is 18.4 Å². The fraction of sp³-hybridized carbons (Fsp3) is 0.316. The standard InChI is InChI=1S/C19H20N4O2/c24-19(23-12-14-5-1-2-6-15(14)13-23)22-16-7-3-8-17(11-16)25-18-20-9-4-10-21-18/h1-4,7-11,14-15H,5-6,12-13H2,(H,22,24)/t14-,15-/m0/s1. The predicted molar refractivity (Wildman–Crippen MR) is 94.5 cm³/mol. The Hall–Kier alpha value is -2.89. The zero-order valence-electron chi connectivity index (χ0n) is 13.8. The number of carbonyl (C=O) groups is 1. The van der Waals surface area contributed by atoms with Crippen molar-refractivity contribution in [2.45, 2.75) is 12.8 Å². The van der Waals surface area contributed by atoms with E-state index in [0.29, 0.717) is 23.3 Å². The van der Waals surface area contributed by atoms with Crippen molar-refractivity contribution in [3.05, 3.63) is 54.9 Å². The fourth-order valence-electron chi connectivity index (χ4n) is 3.46. The van der Waals surface area contributed by atoms with Crippen molar-refractivity contribution in [3.8, 4) is 11.8 Å². The van der Waals surface area contributed by atoms with Crippen LogP contribution >= 0.6 is 0 Å². The smallest absolute Gasteiger partial charge is 0.321 e. The molecular formula is C19H20N4O2. The molecule has 1 saturated heterocycles. The van der Waals surface area contributed by atoms with Gasteiger partial charge >= 0.3 is 12.0 Å². The van der Waals surface area contributed by atoms with Gasteiger partial charge in [-0.15, -0.1) is 0 Å². The van der Waals surface area contributed by atoms with E-state index < -0.39 is 0 Å². The monoisotopic (exact) mass is 336 g/mol. The molecule has 2 amide bonds.